The summed E-state index contributed by atoms with van der Waals surface area (Å²) in [6.07, 6.45) is 5.40. The minimum Gasteiger partial charge on any atom is -0.469 e. The molecule has 0 bridgehead atoms. The Labute approximate surface area is 173 Å². The predicted octanol–water partition coefficient (Wildman–Crippen LogP) is 5.96. The topological polar surface area (TPSA) is 52.1 Å². The number of carbonyl (C=O) groups excluding carboxylic acids is 1. The summed E-state index contributed by atoms with van der Waals surface area (Å²) in [5, 5.41) is 4.49. The number of hydrogen-bond acceptors (Lipinski definition) is 5. The van der Waals surface area contributed by atoms with Crippen molar-refractivity contribution in [1.82, 2.24) is 9.97 Å². The molecule has 1 fully saturated rings. The predicted molar refractivity (Wildman–Crippen MR) is 117 cm³/mol. The van der Waals surface area contributed by atoms with Crippen molar-refractivity contribution < 1.29 is 9.53 Å². The molecule has 5 rings (SSSR count). The maximum Gasteiger partial charge on any atom is 0.308 e. The van der Waals surface area contributed by atoms with Gasteiger partial charge in [0, 0.05) is 16.0 Å². The van der Waals surface area contributed by atoms with Crippen LogP contribution < -0.4 is 0 Å². The summed E-state index contributed by atoms with van der Waals surface area (Å²) in [5.41, 5.74) is 4.35. The maximum absolute atomic E-state index is 12.1. The Morgan fingerprint density at radius 1 is 1.14 bits per heavy atom. The van der Waals surface area contributed by atoms with Gasteiger partial charge in [-0.25, -0.2) is 9.97 Å². The molecule has 0 N–H and O–H groups in total. The lowest BCUT2D eigenvalue weighted by Gasteiger charge is -2.28. The number of nitrogens with zero attached hydrogens (tertiary/aromatic N) is 2. The molecule has 2 aromatic carbocycles. The van der Waals surface area contributed by atoms with E-state index in [4.69, 9.17) is 9.72 Å². The van der Waals surface area contributed by atoms with Gasteiger partial charge in [-0.05, 0) is 65.4 Å². The lowest BCUT2D eigenvalue weighted by molar-refractivity contribution is -0.146. The standard InChI is InChI=1S/C24H22N2O2S/c1-28-24(27)18-5-2-4-17(13-18)23-22-19(6-3-7-20(22)25-14-26-23)15-8-9-21-16(12-15)10-11-29-21/h3,6-12,14,17-18H,2,4-5,13H2,1H3. The van der Waals surface area contributed by atoms with Crippen molar-refractivity contribution in [2.24, 2.45) is 5.92 Å². The number of esters is 1. The van der Waals surface area contributed by atoms with E-state index in [1.54, 1.807) is 17.7 Å². The molecular weight excluding hydrogens is 380 g/mol. The third-order valence-corrected chi connectivity index (χ3v) is 6.95. The van der Waals surface area contributed by atoms with E-state index >= 15 is 0 Å². The number of ether oxygens (including phenoxy) is 1. The molecule has 4 nitrogen and oxygen atoms in total. The van der Waals surface area contributed by atoms with Gasteiger partial charge >= 0.3 is 5.97 Å². The van der Waals surface area contributed by atoms with Gasteiger partial charge in [-0.3, -0.25) is 4.79 Å². The number of carbonyl (C=O) groups is 1. The van der Waals surface area contributed by atoms with Gasteiger partial charge in [-0.15, -0.1) is 11.3 Å². The third-order valence-electron chi connectivity index (χ3n) is 6.05. The minimum atomic E-state index is -0.101. The Bertz CT molecular complexity index is 1190. The van der Waals surface area contributed by atoms with Gasteiger partial charge in [0.1, 0.15) is 6.33 Å². The zero-order chi connectivity index (χ0) is 19.8. The average molecular weight is 403 g/mol. The molecule has 5 heteroatoms. The zero-order valence-corrected chi connectivity index (χ0v) is 17.1. The molecule has 1 saturated carbocycles. The van der Waals surface area contributed by atoms with Gasteiger partial charge in [0.15, 0.2) is 0 Å². The molecule has 2 aromatic heterocycles. The van der Waals surface area contributed by atoms with Crippen LogP contribution in [-0.4, -0.2) is 23.0 Å². The molecule has 4 aromatic rings. The van der Waals surface area contributed by atoms with Crippen LogP contribution >= 0.6 is 11.3 Å². The highest BCUT2D eigenvalue weighted by Crippen LogP contribution is 2.41. The van der Waals surface area contributed by atoms with Crippen LogP contribution in [0.5, 0.6) is 0 Å². The molecular formula is C24H22N2O2S. The molecule has 2 heterocycles. The largest absolute Gasteiger partial charge is 0.469 e. The first kappa shape index (κ1) is 18.3. The van der Waals surface area contributed by atoms with Gasteiger partial charge in [-0.2, -0.15) is 0 Å². The monoisotopic (exact) mass is 402 g/mol. The summed E-state index contributed by atoms with van der Waals surface area (Å²) < 4.78 is 6.31. The van der Waals surface area contributed by atoms with Crippen molar-refractivity contribution in [3.05, 3.63) is 59.9 Å². The van der Waals surface area contributed by atoms with E-state index in [9.17, 15) is 4.79 Å². The number of methoxy groups -OCH3 is 1. The Morgan fingerprint density at radius 3 is 2.97 bits per heavy atom. The molecule has 2 atom stereocenters. The van der Waals surface area contributed by atoms with Crippen molar-refractivity contribution in [2.45, 2.75) is 31.6 Å². The van der Waals surface area contributed by atoms with Gasteiger partial charge in [-0.1, -0.05) is 24.6 Å². The zero-order valence-electron chi connectivity index (χ0n) is 16.3. The first-order chi connectivity index (χ1) is 14.2. The second-order valence-electron chi connectivity index (χ2n) is 7.72. The van der Waals surface area contributed by atoms with E-state index < -0.39 is 0 Å². The Balaban J connectivity index is 1.64. The summed E-state index contributed by atoms with van der Waals surface area (Å²) in [5.74, 6) is 0.0960. The van der Waals surface area contributed by atoms with E-state index in [-0.39, 0.29) is 17.8 Å². The molecule has 29 heavy (non-hydrogen) atoms. The van der Waals surface area contributed by atoms with Crippen LogP contribution in [0.25, 0.3) is 32.1 Å². The van der Waals surface area contributed by atoms with Crippen LogP contribution in [0, 0.1) is 5.92 Å². The summed E-state index contributed by atoms with van der Waals surface area (Å²) in [7, 11) is 1.48. The molecule has 0 radical (unpaired) electrons. The van der Waals surface area contributed by atoms with Crippen molar-refractivity contribution in [2.75, 3.05) is 7.11 Å². The summed E-state index contributed by atoms with van der Waals surface area (Å²) >= 11 is 1.76. The number of thiophene rings is 1. The number of hydrogen-bond donors (Lipinski definition) is 0. The van der Waals surface area contributed by atoms with E-state index in [0.29, 0.717) is 0 Å². The highest BCUT2D eigenvalue weighted by atomic mass is 32.1. The average Bonchev–Trinajstić information content (AvgIpc) is 3.25. The molecule has 0 aliphatic heterocycles. The first-order valence-corrected chi connectivity index (χ1v) is 10.9. The fourth-order valence-corrected chi connectivity index (χ4v) is 5.41. The number of rotatable bonds is 3. The molecule has 0 saturated heterocycles. The van der Waals surface area contributed by atoms with Crippen molar-refractivity contribution in [1.29, 1.82) is 0 Å². The van der Waals surface area contributed by atoms with Gasteiger partial charge in [0.25, 0.3) is 0 Å². The second-order valence-corrected chi connectivity index (χ2v) is 8.66. The van der Waals surface area contributed by atoms with Crippen molar-refractivity contribution in [3.8, 4) is 11.1 Å². The smallest absolute Gasteiger partial charge is 0.308 e. The summed E-state index contributed by atoms with van der Waals surface area (Å²) in [6.45, 7) is 0. The van der Waals surface area contributed by atoms with E-state index in [0.717, 1.165) is 47.8 Å². The maximum atomic E-state index is 12.1. The van der Waals surface area contributed by atoms with Crippen LogP contribution in [0.2, 0.25) is 0 Å². The molecule has 0 amide bonds. The third kappa shape index (κ3) is 3.29. The summed E-state index contributed by atoms with van der Waals surface area (Å²) in [4.78, 5) is 21.4. The van der Waals surface area contributed by atoms with Crippen LogP contribution in [0.1, 0.15) is 37.3 Å². The molecule has 2 unspecified atom stereocenters. The van der Waals surface area contributed by atoms with E-state index in [1.807, 2.05) is 6.07 Å². The highest BCUT2D eigenvalue weighted by molar-refractivity contribution is 7.17. The fraction of sp³-hybridized carbons (Fsp3) is 0.292. The van der Waals surface area contributed by atoms with Crippen molar-refractivity contribution in [3.63, 3.8) is 0 Å². The fourth-order valence-electron chi connectivity index (χ4n) is 4.64. The Hall–Kier alpha value is -2.79. The van der Waals surface area contributed by atoms with Gasteiger partial charge in [0.05, 0.1) is 24.2 Å². The number of aromatic nitrogens is 2. The molecule has 146 valence electrons. The van der Waals surface area contributed by atoms with E-state index in [1.165, 1.54) is 22.8 Å². The normalized spacial score (nSPS) is 19.5. The van der Waals surface area contributed by atoms with Gasteiger partial charge in [0.2, 0.25) is 0 Å². The van der Waals surface area contributed by atoms with Gasteiger partial charge < -0.3 is 4.74 Å². The minimum absolute atomic E-state index is 0.0434. The first-order valence-electron chi connectivity index (χ1n) is 10.0. The highest BCUT2D eigenvalue weighted by Gasteiger charge is 2.31. The van der Waals surface area contributed by atoms with Crippen LogP contribution in [0.3, 0.4) is 0 Å². The van der Waals surface area contributed by atoms with Crippen molar-refractivity contribution >= 4 is 38.3 Å². The lowest BCUT2D eigenvalue weighted by Crippen LogP contribution is -2.23. The molecule has 0 spiro atoms. The quantitative estimate of drug-likeness (QED) is 0.397. The summed E-state index contributed by atoms with van der Waals surface area (Å²) in [6, 6.07) is 15.0. The molecule has 1 aliphatic carbocycles. The molecule has 1 aliphatic rings. The van der Waals surface area contributed by atoms with Crippen LogP contribution in [0.4, 0.5) is 0 Å². The van der Waals surface area contributed by atoms with E-state index in [2.05, 4.69) is 46.8 Å². The number of fused-ring (bicyclic) bond motifs is 2. The number of benzene rings is 2. The van der Waals surface area contributed by atoms with Crippen LogP contribution in [-0.2, 0) is 9.53 Å². The lowest BCUT2D eigenvalue weighted by atomic mass is 9.78. The Morgan fingerprint density at radius 2 is 2.07 bits per heavy atom. The Kier molecular flexibility index (Phi) is 4.76. The van der Waals surface area contributed by atoms with Crippen LogP contribution in [0.15, 0.2) is 54.2 Å². The SMILES string of the molecule is COC(=O)C1CCCC(c2ncnc3cccc(-c4ccc5sccc5c4)c23)C1. The second kappa shape index (κ2) is 7.56.